The molecule has 25 heavy (non-hydrogen) atoms. The average Bonchev–Trinajstić information content (AvgIpc) is 2.61. The van der Waals surface area contributed by atoms with Gasteiger partial charge in [0.25, 0.3) is 10.1 Å². The zero-order valence-electron chi connectivity index (χ0n) is 14.7. The van der Waals surface area contributed by atoms with E-state index in [0.717, 1.165) is 37.7 Å². The molecule has 2 aromatic rings. The maximum Gasteiger partial charge on any atom is 0.296 e. The maximum absolute atomic E-state index is 12.0. The van der Waals surface area contributed by atoms with Crippen LogP contribution < -0.4 is 0 Å². The first-order valence-electron chi connectivity index (χ1n) is 8.73. The second-order valence-corrected chi connectivity index (χ2v) is 7.71. The molecule has 0 saturated carbocycles. The quantitative estimate of drug-likeness (QED) is 0.339. The summed E-state index contributed by atoms with van der Waals surface area (Å²) in [4.78, 5) is 0.224. The molecule has 0 fully saturated rings. The predicted molar refractivity (Wildman–Crippen MR) is 102 cm³/mol. The minimum Gasteiger partial charge on any atom is -0.266 e. The van der Waals surface area contributed by atoms with Crippen LogP contribution in [0, 0.1) is 6.92 Å². The van der Waals surface area contributed by atoms with Crippen LogP contribution in [0.15, 0.2) is 71.6 Å². The van der Waals surface area contributed by atoms with Crippen LogP contribution in [0.5, 0.6) is 0 Å². The van der Waals surface area contributed by atoms with Gasteiger partial charge in [0.2, 0.25) is 0 Å². The lowest BCUT2D eigenvalue weighted by Crippen LogP contribution is -2.07. The van der Waals surface area contributed by atoms with Gasteiger partial charge in [-0.2, -0.15) is 8.42 Å². The van der Waals surface area contributed by atoms with Crippen molar-refractivity contribution < 1.29 is 12.6 Å². The van der Waals surface area contributed by atoms with Gasteiger partial charge in [-0.3, -0.25) is 4.18 Å². The molecule has 0 aromatic heterocycles. The molecule has 0 bridgehead atoms. The van der Waals surface area contributed by atoms with E-state index in [-0.39, 0.29) is 11.5 Å². The lowest BCUT2D eigenvalue weighted by atomic mass is 10.1. The number of hydrogen-bond acceptors (Lipinski definition) is 3. The second-order valence-electron chi connectivity index (χ2n) is 6.10. The molecule has 134 valence electrons. The Morgan fingerprint density at radius 1 is 0.880 bits per heavy atom. The highest BCUT2D eigenvalue weighted by Gasteiger charge is 2.13. The molecule has 4 heteroatoms. The lowest BCUT2D eigenvalue weighted by Gasteiger charge is -2.05. The Kier molecular flexibility index (Phi) is 7.89. The van der Waals surface area contributed by atoms with Crippen molar-refractivity contribution >= 4 is 10.1 Å². The monoisotopic (exact) mass is 358 g/mol. The highest BCUT2D eigenvalue weighted by atomic mass is 32.2. The Labute approximate surface area is 151 Å². The van der Waals surface area contributed by atoms with Crippen LogP contribution in [0.3, 0.4) is 0 Å². The minimum absolute atomic E-state index is 0.224. The molecule has 0 atom stereocenters. The maximum atomic E-state index is 12.0. The van der Waals surface area contributed by atoms with Crippen LogP contribution >= 0.6 is 0 Å². The van der Waals surface area contributed by atoms with Crippen molar-refractivity contribution in [3.8, 4) is 0 Å². The zero-order chi connectivity index (χ0) is 18.0. The number of rotatable bonds is 10. The fourth-order valence-electron chi connectivity index (χ4n) is 2.43. The molecule has 0 aliphatic carbocycles. The van der Waals surface area contributed by atoms with Gasteiger partial charge in [-0.05, 0) is 50.3 Å². The second kappa shape index (κ2) is 10.2. The molecule has 0 unspecified atom stereocenters. The molecule has 0 radical (unpaired) electrons. The summed E-state index contributed by atoms with van der Waals surface area (Å²) in [7, 11) is -3.62. The molecule has 0 heterocycles. The van der Waals surface area contributed by atoms with Crippen LogP contribution in [-0.4, -0.2) is 15.0 Å². The first-order chi connectivity index (χ1) is 12.1. The molecule has 2 rings (SSSR count). The summed E-state index contributed by atoms with van der Waals surface area (Å²) in [5.74, 6) is 0. The van der Waals surface area contributed by atoms with Gasteiger partial charge in [-0.25, -0.2) is 0 Å². The Balaban J connectivity index is 1.58. The molecule has 0 spiro atoms. The van der Waals surface area contributed by atoms with E-state index in [1.807, 2.05) is 25.1 Å². The highest BCUT2D eigenvalue weighted by molar-refractivity contribution is 7.86. The Morgan fingerprint density at radius 3 is 2.32 bits per heavy atom. The number of benzene rings is 2. The fourth-order valence-corrected chi connectivity index (χ4v) is 3.38. The zero-order valence-corrected chi connectivity index (χ0v) is 15.5. The summed E-state index contributed by atoms with van der Waals surface area (Å²) >= 11 is 0. The smallest absolute Gasteiger partial charge is 0.266 e. The molecular formula is C21H26O3S. The highest BCUT2D eigenvalue weighted by Crippen LogP contribution is 2.14. The van der Waals surface area contributed by atoms with Crippen molar-refractivity contribution in [2.45, 2.75) is 43.9 Å². The fraction of sp³-hybridized carbons (Fsp3) is 0.333. The van der Waals surface area contributed by atoms with Crippen molar-refractivity contribution in [1.29, 1.82) is 0 Å². The first kappa shape index (κ1) is 19.4. The third kappa shape index (κ3) is 7.24. The van der Waals surface area contributed by atoms with Gasteiger partial charge in [0, 0.05) is 0 Å². The third-order valence-corrected chi connectivity index (χ3v) is 5.25. The van der Waals surface area contributed by atoms with Crippen LogP contribution in [0.4, 0.5) is 0 Å². The summed E-state index contributed by atoms with van der Waals surface area (Å²) in [5.41, 5.74) is 2.34. The number of hydrogen-bond donors (Lipinski definition) is 0. The van der Waals surface area contributed by atoms with Gasteiger partial charge in [-0.15, -0.1) is 0 Å². The van der Waals surface area contributed by atoms with E-state index in [1.54, 1.807) is 24.3 Å². The molecule has 0 saturated heterocycles. The average molecular weight is 359 g/mol. The summed E-state index contributed by atoms with van der Waals surface area (Å²) in [6.45, 7) is 2.16. The van der Waals surface area contributed by atoms with Crippen LogP contribution in [0.2, 0.25) is 0 Å². The molecule has 0 amide bonds. The van der Waals surface area contributed by atoms with Crippen molar-refractivity contribution in [3.63, 3.8) is 0 Å². The normalized spacial score (nSPS) is 11.9. The van der Waals surface area contributed by atoms with E-state index in [4.69, 9.17) is 4.18 Å². The molecule has 0 aliphatic rings. The number of allylic oxidation sites excluding steroid dienone is 2. The Bertz CT molecular complexity index is 747. The molecule has 2 aromatic carbocycles. The molecule has 3 nitrogen and oxygen atoms in total. The van der Waals surface area contributed by atoms with E-state index in [1.165, 1.54) is 5.56 Å². The standard InChI is InChI=1S/C21H26O3S/c1-19-14-16-21(17-15-19)25(22,23)24-18-10-5-3-2-4-7-11-20-12-8-6-9-13-20/h4,6-9,12-17H,2-3,5,10-11,18H2,1H3/b7-4+. The van der Waals surface area contributed by atoms with Crippen molar-refractivity contribution in [3.05, 3.63) is 77.9 Å². The summed E-state index contributed by atoms with van der Waals surface area (Å²) in [5, 5.41) is 0. The number of unbranched alkanes of at least 4 members (excludes halogenated alkanes) is 3. The van der Waals surface area contributed by atoms with E-state index in [2.05, 4.69) is 24.3 Å². The van der Waals surface area contributed by atoms with Gasteiger partial charge in [0.1, 0.15) is 0 Å². The predicted octanol–water partition coefficient (Wildman–Crippen LogP) is 5.06. The molecule has 0 aliphatic heterocycles. The van der Waals surface area contributed by atoms with E-state index in [0.29, 0.717) is 0 Å². The van der Waals surface area contributed by atoms with Crippen LogP contribution in [-0.2, 0) is 20.7 Å². The summed E-state index contributed by atoms with van der Waals surface area (Å²) in [6, 6.07) is 17.1. The van der Waals surface area contributed by atoms with Gasteiger partial charge in [-0.1, -0.05) is 66.6 Å². The minimum atomic E-state index is -3.62. The van der Waals surface area contributed by atoms with Crippen LogP contribution in [0.25, 0.3) is 0 Å². The Hall–Kier alpha value is -1.91. The van der Waals surface area contributed by atoms with Crippen LogP contribution in [0.1, 0.15) is 36.8 Å². The van der Waals surface area contributed by atoms with Crippen molar-refractivity contribution in [1.82, 2.24) is 0 Å². The van der Waals surface area contributed by atoms with Crippen molar-refractivity contribution in [2.24, 2.45) is 0 Å². The summed E-state index contributed by atoms with van der Waals surface area (Å²) < 4.78 is 29.1. The molecular weight excluding hydrogens is 332 g/mol. The summed E-state index contributed by atoms with van der Waals surface area (Å²) in [6.07, 6.45) is 9.09. The Morgan fingerprint density at radius 2 is 1.60 bits per heavy atom. The number of aryl methyl sites for hydroxylation is 1. The third-order valence-electron chi connectivity index (χ3n) is 3.93. The van der Waals surface area contributed by atoms with Gasteiger partial charge >= 0.3 is 0 Å². The SMILES string of the molecule is Cc1ccc(S(=O)(=O)OCCCCC/C=C/Cc2ccccc2)cc1. The first-order valence-corrected chi connectivity index (χ1v) is 10.1. The van der Waals surface area contributed by atoms with E-state index in [9.17, 15) is 8.42 Å². The van der Waals surface area contributed by atoms with Gasteiger partial charge in [0.05, 0.1) is 11.5 Å². The largest absolute Gasteiger partial charge is 0.296 e. The van der Waals surface area contributed by atoms with E-state index >= 15 is 0 Å². The van der Waals surface area contributed by atoms with Gasteiger partial charge < -0.3 is 0 Å². The molecule has 0 N–H and O–H groups in total. The van der Waals surface area contributed by atoms with E-state index < -0.39 is 10.1 Å². The van der Waals surface area contributed by atoms with Crippen molar-refractivity contribution in [2.75, 3.05) is 6.61 Å². The van der Waals surface area contributed by atoms with Gasteiger partial charge in [0.15, 0.2) is 0 Å². The topological polar surface area (TPSA) is 43.4 Å². The lowest BCUT2D eigenvalue weighted by molar-refractivity contribution is 0.307.